The fourth-order valence-electron chi connectivity index (χ4n) is 4.58. The molecule has 0 aromatic carbocycles. The van der Waals surface area contributed by atoms with Crippen molar-refractivity contribution in [2.75, 3.05) is 0 Å². The molecule has 0 fully saturated rings. The Hall–Kier alpha value is -1.86. The summed E-state index contributed by atoms with van der Waals surface area (Å²) in [5, 5.41) is 3.41. The van der Waals surface area contributed by atoms with Gasteiger partial charge in [0.05, 0.1) is 0 Å². The Labute approximate surface area is 140 Å². The second-order valence-electron chi connectivity index (χ2n) is 7.03. The molecule has 0 heterocycles. The highest BCUT2D eigenvalue weighted by Crippen LogP contribution is 2.51. The normalized spacial score (nSPS) is 22.2. The molecule has 0 aromatic rings. The van der Waals surface area contributed by atoms with Crippen molar-refractivity contribution in [3.63, 3.8) is 0 Å². The molecule has 116 valence electrons. The molecule has 4 rings (SSSR count). The van der Waals surface area contributed by atoms with Gasteiger partial charge in [0.25, 0.3) is 0 Å². The van der Waals surface area contributed by atoms with Crippen LogP contribution < -0.4 is 0 Å². The van der Waals surface area contributed by atoms with E-state index < -0.39 is 8.07 Å². The minimum Gasteiger partial charge on any atom is -0.0809 e. The first-order chi connectivity index (χ1) is 11.3. The van der Waals surface area contributed by atoms with Crippen LogP contribution in [0.2, 0.25) is 12.1 Å². The Morgan fingerprint density at radius 3 is 1.43 bits per heavy atom. The first-order valence-corrected chi connectivity index (χ1v) is 11.3. The first kappa shape index (κ1) is 14.7. The molecule has 0 nitrogen and oxygen atoms in total. The van der Waals surface area contributed by atoms with Crippen LogP contribution in [-0.2, 0) is 0 Å². The summed E-state index contributed by atoms with van der Waals surface area (Å²) in [6, 6.07) is 0. The number of hydrogen-bond acceptors (Lipinski definition) is 0. The summed E-state index contributed by atoms with van der Waals surface area (Å²) in [6.07, 6.45) is 32.5. The standard InChI is InChI=1S/C22H24Si/c1-23(20-14-6-7-15-20,21-16-8-9-17-21)22(18-10-2-3-11-18)19-12-4-5-13-19/h2-10,12,14,16,22H,11,13,15,17H2,1H3. The van der Waals surface area contributed by atoms with Gasteiger partial charge in [-0.25, -0.2) is 0 Å². The minimum absolute atomic E-state index is 0.616. The molecule has 0 atom stereocenters. The number of rotatable bonds is 5. The summed E-state index contributed by atoms with van der Waals surface area (Å²) in [6.45, 7) is 2.62. The van der Waals surface area contributed by atoms with E-state index in [1.807, 2.05) is 0 Å². The zero-order valence-electron chi connectivity index (χ0n) is 13.8. The molecular weight excluding hydrogens is 292 g/mol. The van der Waals surface area contributed by atoms with Gasteiger partial charge >= 0.3 is 0 Å². The average Bonchev–Trinajstić information content (AvgIpc) is 3.34. The van der Waals surface area contributed by atoms with E-state index in [1.165, 1.54) is 0 Å². The maximum Gasteiger partial charge on any atom is 0.117 e. The van der Waals surface area contributed by atoms with Crippen molar-refractivity contribution in [3.05, 3.63) is 94.5 Å². The highest BCUT2D eigenvalue weighted by atomic mass is 28.3. The molecule has 0 N–H and O–H groups in total. The molecule has 0 unspecified atom stereocenters. The summed E-state index contributed by atoms with van der Waals surface area (Å²) < 4.78 is 0. The van der Waals surface area contributed by atoms with Gasteiger partial charge in [-0.1, -0.05) is 101 Å². The number of allylic oxidation sites excluding steroid dienone is 16. The molecule has 0 saturated heterocycles. The van der Waals surface area contributed by atoms with Crippen LogP contribution in [0, 0.1) is 0 Å². The molecule has 0 aliphatic heterocycles. The van der Waals surface area contributed by atoms with Gasteiger partial charge in [0.2, 0.25) is 0 Å². The van der Waals surface area contributed by atoms with Gasteiger partial charge in [-0.2, -0.15) is 0 Å². The van der Waals surface area contributed by atoms with Gasteiger partial charge in [0.15, 0.2) is 0 Å². The highest BCUT2D eigenvalue weighted by Gasteiger charge is 2.46. The molecule has 0 spiro atoms. The molecule has 0 saturated carbocycles. The smallest absolute Gasteiger partial charge is 0.0809 e. The van der Waals surface area contributed by atoms with E-state index in [9.17, 15) is 0 Å². The van der Waals surface area contributed by atoms with E-state index in [0.717, 1.165) is 25.7 Å². The Bertz CT molecular complexity index is 687. The quantitative estimate of drug-likeness (QED) is 0.541. The summed E-state index contributed by atoms with van der Waals surface area (Å²) in [4.78, 5) is 0. The molecule has 23 heavy (non-hydrogen) atoms. The maximum atomic E-state index is 2.62. The predicted molar refractivity (Wildman–Crippen MR) is 103 cm³/mol. The van der Waals surface area contributed by atoms with Crippen molar-refractivity contribution in [2.24, 2.45) is 0 Å². The zero-order chi connectivity index (χ0) is 15.7. The van der Waals surface area contributed by atoms with E-state index in [4.69, 9.17) is 0 Å². The molecule has 4 aliphatic carbocycles. The maximum absolute atomic E-state index is 2.62. The van der Waals surface area contributed by atoms with Crippen molar-refractivity contribution in [1.82, 2.24) is 0 Å². The zero-order valence-corrected chi connectivity index (χ0v) is 14.8. The predicted octanol–water partition coefficient (Wildman–Crippen LogP) is 6.06. The third-order valence-corrected chi connectivity index (χ3v) is 11.1. The minimum atomic E-state index is -1.76. The van der Waals surface area contributed by atoms with Gasteiger partial charge < -0.3 is 0 Å². The van der Waals surface area contributed by atoms with E-state index in [2.05, 4.69) is 79.5 Å². The van der Waals surface area contributed by atoms with Crippen molar-refractivity contribution in [1.29, 1.82) is 0 Å². The molecule has 0 radical (unpaired) electrons. The fraction of sp³-hybridized carbons (Fsp3) is 0.273. The van der Waals surface area contributed by atoms with Crippen LogP contribution in [0.5, 0.6) is 0 Å². The lowest BCUT2D eigenvalue weighted by Gasteiger charge is -2.41. The van der Waals surface area contributed by atoms with Crippen LogP contribution in [0.25, 0.3) is 0 Å². The third-order valence-electron chi connectivity index (χ3n) is 5.80. The van der Waals surface area contributed by atoms with E-state index in [1.54, 1.807) is 21.5 Å². The molecule has 4 aliphatic rings. The van der Waals surface area contributed by atoms with Crippen LogP contribution in [0.3, 0.4) is 0 Å². The van der Waals surface area contributed by atoms with E-state index >= 15 is 0 Å². The van der Waals surface area contributed by atoms with Crippen LogP contribution >= 0.6 is 0 Å². The van der Waals surface area contributed by atoms with E-state index in [-0.39, 0.29) is 0 Å². The largest absolute Gasteiger partial charge is 0.117 e. The Kier molecular flexibility index (Phi) is 3.82. The van der Waals surface area contributed by atoms with Crippen molar-refractivity contribution in [2.45, 2.75) is 37.8 Å². The van der Waals surface area contributed by atoms with Crippen LogP contribution in [0.1, 0.15) is 25.7 Å². The summed E-state index contributed by atoms with van der Waals surface area (Å²) >= 11 is 0. The lowest BCUT2D eigenvalue weighted by atomic mass is 10.0. The van der Waals surface area contributed by atoms with Gasteiger partial charge in [-0.05, 0) is 25.7 Å². The van der Waals surface area contributed by atoms with Gasteiger partial charge in [-0.3, -0.25) is 0 Å². The van der Waals surface area contributed by atoms with E-state index in [0.29, 0.717) is 5.54 Å². The summed E-state index contributed by atoms with van der Waals surface area (Å²) in [5.74, 6) is 0. The second-order valence-corrected chi connectivity index (χ2v) is 11.3. The lowest BCUT2D eigenvalue weighted by molar-refractivity contribution is 0.974. The Morgan fingerprint density at radius 2 is 1.09 bits per heavy atom. The Morgan fingerprint density at radius 1 is 0.652 bits per heavy atom. The number of hydrogen-bond donors (Lipinski definition) is 0. The summed E-state index contributed by atoms with van der Waals surface area (Å²) in [5.41, 5.74) is 3.88. The molecule has 0 aromatic heterocycles. The average molecular weight is 317 g/mol. The molecular formula is C22H24Si. The second kappa shape index (κ2) is 5.97. The van der Waals surface area contributed by atoms with Crippen molar-refractivity contribution >= 4 is 8.07 Å². The van der Waals surface area contributed by atoms with Crippen LogP contribution in [-0.4, -0.2) is 8.07 Å². The van der Waals surface area contributed by atoms with Crippen LogP contribution in [0.15, 0.2) is 94.5 Å². The third kappa shape index (κ3) is 2.44. The topological polar surface area (TPSA) is 0 Å². The lowest BCUT2D eigenvalue weighted by Crippen LogP contribution is -2.43. The monoisotopic (exact) mass is 316 g/mol. The molecule has 0 amide bonds. The summed E-state index contributed by atoms with van der Waals surface area (Å²) in [7, 11) is -1.76. The van der Waals surface area contributed by atoms with Gasteiger partial charge in [0.1, 0.15) is 8.07 Å². The SMILES string of the molecule is C[Si](C1=CC=CC1)(C1=CC=CC1)C(C1=CC=CC1)C1=CC=CC1. The molecule has 0 bridgehead atoms. The Balaban J connectivity index is 1.81. The van der Waals surface area contributed by atoms with Crippen molar-refractivity contribution in [3.8, 4) is 0 Å². The van der Waals surface area contributed by atoms with Crippen molar-refractivity contribution < 1.29 is 0 Å². The highest BCUT2D eigenvalue weighted by molar-refractivity contribution is 6.94. The fourth-order valence-corrected chi connectivity index (χ4v) is 9.61. The first-order valence-electron chi connectivity index (χ1n) is 8.73. The molecule has 1 heteroatoms. The van der Waals surface area contributed by atoms with Crippen LogP contribution in [0.4, 0.5) is 0 Å². The van der Waals surface area contributed by atoms with Gasteiger partial charge in [-0.15, -0.1) is 0 Å². The van der Waals surface area contributed by atoms with Gasteiger partial charge in [0, 0.05) is 5.54 Å².